The topological polar surface area (TPSA) is 77.6 Å². The molecule has 0 aliphatic rings. The molecule has 5 heterocycles. The van der Waals surface area contributed by atoms with E-state index in [0.29, 0.717) is 23.3 Å². The molecule has 0 unspecified atom stereocenters. The van der Waals surface area contributed by atoms with Gasteiger partial charge in [0, 0.05) is 63.3 Å². The van der Waals surface area contributed by atoms with Crippen LogP contribution in [0.4, 0.5) is 0 Å². The summed E-state index contributed by atoms with van der Waals surface area (Å²) in [5, 5.41) is 5.46. The molecule has 11 rings (SSSR count). The second-order valence-electron chi connectivity index (χ2n) is 13.7. The number of allylic oxidation sites excluding steroid dienone is 4. The molecule has 0 amide bonds. The summed E-state index contributed by atoms with van der Waals surface area (Å²) < 4.78 is 11.1. The van der Waals surface area contributed by atoms with Gasteiger partial charge in [-0.15, -0.1) is 22.7 Å². The molecule has 57 heavy (non-hydrogen) atoms. The highest BCUT2D eigenvalue weighted by Crippen LogP contribution is 2.41. The number of thiophene rings is 2. The second kappa shape index (κ2) is 13.6. The van der Waals surface area contributed by atoms with Gasteiger partial charge in [-0.2, -0.15) is 0 Å². The fourth-order valence-corrected chi connectivity index (χ4v) is 9.76. The lowest BCUT2D eigenvalue weighted by atomic mass is 10.0. The number of benzene rings is 6. The minimum Gasteiger partial charge on any atom is -0.456 e. The Labute approximate surface area is 334 Å². The van der Waals surface area contributed by atoms with Gasteiger partial charge in [0.1, 0.15) is 11.2 Å². The van der Waals surface area contributed by atoms with Crippen molar-refractivity contribution in [2.75, 3.05) is 0 Å². The maximum absolute atomic E-state index is 6.48. The summed E-state index contributed by atoms with van der Waals surface area (Å²) in [5.74, 6) is 2.43. The Morgan fingerprint density at radius 1 is 0.474 bits per heavy atom. The molecule has 0 aliphatic heterocycles. The van der Waals surface area contributed by atoms with Crippen LogP contribution in [0.2, 0.25) is 0 Å². The summed E-state index contributed by atoms with van der Waals surface area (Å²) in [6.07, 6.45) is 9.65. The van der Waals surface area contributed by atoms with Crippen LogP contribution >= 0.6 is 22.7 Å². The molecule has 0 saturated heterocycles. The van der Waals surface area contributed by atoms with Crippen molar-refractivity contribution in [3.05, 3.63) is 170 Å². The molecule has 5 aromatic heterocycles. The molecule has 0 N–H and O–H groups in total. The van der Waals surface area contributed by atoms with Crippen LogP contribution in [0.15, 0.2) is 169 Å². The molecule has 0 aliphatic carbocycles. The maximum Gasteiger partial charge on any atom is 0.164 e. The van der Waals surface area contributed by atoms with Crippen molar-refractivity contribution >= 4 is 91.2 Å². The number of rotatable bonds is 7. The third-order valence-electron chi connectivity index (χ3n) is 10.2. The monoisotopic (exact) mass is 767 g/mol. The first kappa shape index (κ1) is 33.2. The summed E-state index contributed by atoms with van der Waals surface area (Å²) in [6, 6.07) is 45.7. The highest BCUT2D eigenvalue weighted by atomic mass is 32.1. The van der Waals surface area contributed by atoms with E-state index in [1.54, 1.807) is 28.7 Å². The van der Waals surface area contributed by atoms with Crippen LogP contribution in [-0.4, -0.2) is 24.9 Å². The first-order chi connectivity index (χ1) is 28.2. The van der Waals surface area contributed by atoms with E-state index in [0.717, 1.165) is 65.5 Å². The predicted molar refractivity (Wildman–Crippen MR) is 239 cm³/mol. The third-order valence-corrected chi connectivity index (χ3v) is 12.5. The lowest BCUT2D eigenvalue weighted by molar-refractivity contribution is 0.669. The zero-order valence-electron chi connectivity index (χ0n) is 30.3. The first-order valence-corrected chi connectivity index (χ1v) is 20.2. The second-order valence-corrected chi connectivity index (χ2v) is 15.8. The van der Waals surface area contributed by atoms with E-state index in [-0.39, 0.29) is 0 Å². The summed E-state index contributed by atoms with van der Waals surface area (Å²) in [5.41, 5.74) is 6.88. The van der Waals surface area contributed by atoms with Crippen molar-refractivity contribution in [1.29, 1.82) is 0 Å². The Hall–Kier alpha value is -7.13. The van der Waals surface area contributed by atoms with Crippen molar-refractivity contribution in [2.45, 2.75) is 0 Å². The van der Waals surface area contributed by atoms with Crippen LogP contribution in [0.5, 0.6) is 0 Å². The molecule has 0 saturated carbocycles. The van der Waals surface area contributed by atoms with Gasteiger partial charge in [-0.25, -0.2) is 24.9 Å². The van der Waals surface area contributed by atoms with Crippen LogP contribution < -0.4 is 0 Å². The van der Waals surface area contributed by atoms with Gasteiger partial charge >= 0.3 is 0 Å². The standard InChI is InChI=1S/C49H29N5OS2/c1-2-3-4-8-19-37-45-44(34-17-10-12-22-41(34)57-45)51-49(50-37)35-18-13-20-39-43(35)36-27-30(24-26-38(36)55-39)47-52-46(29-14-6-5-7-15-29)53-48(54-47)31-23-25-33-32-16-9-11-21-40(32)56-42(33)28-31/h2-28H,1H2/b4-3-,19-8+. The zero-order valence-corrected chi connectivity index (χ0v) is 31.9. The number of aromatic nitrogens is 5. The minimum absolute atomic E-state index is 0.575. The van der Waals surface area contributed by atoms with Crippen molar-refractivity contribution in [3.8, 4) is 45.6 Å². The molecule has 11 aromatic rings. The molecule has 6 nitrogen and oxygen atoms in total. The third kappa shape index (κ3) is 5.73. The number of furan rings is 1. The smallest absolute Gasteiger partial charge is 0.164 e. The predicted octanol–water partition coefficient (Wildman–Crippen LogP) is 13.7. The summed E-state index contributed by atoms with van der Waals surface area (Å²) in [7, 11) is 0. The van der Waals surface area contributed by atoms with Crippen LogP contribution in [0, 0.1) is 0 Å². The highest BCUT2D eigenvalue weighted by molar-refractivity contribution is 7.26. The zero-order chi connectivity index (χ0) is 37.9. The van der Waals surface area contributed by atoms with E-state index in [4.69, 9.17) is 29.3 Å². The van der Waals surface area contributed by atoms with Gasteiger partial charge in [0.25, 0.3) is 0 Å². The molecule has 0 fully saturated rings. The fraction of sp³-hybridized carbons (Fsp3) is 0. The molecule has 0 radical (unpaired) electrons. The first-order valence-electron chi connectivity index (χ1n) is 18.5. The number of nitrogens with zero attached hydrogens (tertiary/aromatic N) is 5. The van der Waals surface area contributed by atoms with Crippen LogP contribution in [0.1, 0.15) is 5.69 Å². The summed E-state index contributed by atoms with van der Waals surface area (Å²) in [6.45, 7) is 3.80. The average Bonchev–Trinajstić information content (AvgIpc) is 3.96. The molecule has 0 bridgehead atoms. The van der Waals surface area contributed by atoms with Crippen molar-refractivity contribution in [3.63, 3.8) is 0 Å². The van der Waals surface area contributed by atoms with E-state index in [1.807, 2.05) is 78.9 Å². The van der Waals surface area contributed by atoms with Gasteiger partial charge in [0.15, 0.2) is 23.3 Å². The SMILES string of the molecule is C=C/C=C\C=C\c1nc(-c2cccc3oc4ccc(-c5nc(-c6ccccc6)nc(-c6ccc7c(c6)sc6ccccc67)n5)cc4c23)nc2c1sc1ccccc12. The fourth-order valence-electron chi connectivity index (χ4n) is 7.50. The van der Waals surface area contributed by atoms with E-state index < -0.39 is 0 Å². The normalized spacial score (nSPS) is 12.1. The van der Waals surface area contributed by atoms with Gasteiger partial charge < -0.3 is 4.42 Å². The molecule has 8 heteroatoms. The lowest BCUT2D eigenvalue weighted by Crippen LogP contribution is -2.00. The Balaban J connectivity index is 1.10. The maximum atomic E-state index is 6.48. The van der Waals surface area contributed by atoms with E-state index in [2.05, 4.69) is 85.4 Å². The van der Waals surface area contributed by atoms with Crippen LogP contribution in [-0.2, 0) is 0 Å². The van der Waals surface area contributed by atoms with E-state index >= 15 is 0 Å². The summed E-state index contributed by atoms with van der Waals surface area (Å²) in [4.78, 5) is 25.7. The van der Waals surface area contributed by atoms with Crippen molar-refractivity contribution in [1.82, 2.24) is 24.9 Å². The van der Waals surface area contributed by atoms with Gasteiger partial charge in [0.05, 0.1) is 15.9 Å². The minimum atomic E-state index is 0.575. The van der Waals surface area contributed by atoms with Gasteiger partial charge in [-0.1, -0.05) is 122 Å². The van der Waals surface area contributed by atoms with E-state index in [9.17, 15) is 0 Å². The Morgan fingerprint density at radius 3 is 2.00 bits per heavy atom. The Morgan fingerprint density at radius 2 is 1.18 bits per heavy atom. The summed E-state index contributed by atoms with van der Waals surface area (Å²) >= 11 is 3.49. The molecule has 0 spiro atoms. The van der Waals surface area contributed by atoms with Crippen LogP contribution in [0.25, 0.3) is 114 Å². The van der Waals surface area contributed by atoms with Gasteiger partial charge in [-0.3, -0.25) is 0 Å². The van der Waals surface area contributed by atoms with Crippen molar-refractivity contribution in [2.24, 2.45) is 0 Å². The molecule has 268 valence electrons. The van der Waals surface area contributed by atoms with Crippen LogP contribution in [0.3, 0.4) is 0 Å². The molecule has 0 atom stereocenters. The van der Waals surface area contributed by atoms with Crippen molar-refractivity contribution < 1.29 is 4.42 Å². The number of hydrogen-bond acceptors (Lipinski definition) is 8. The number of fused-ring (bicyclic) bond motifs is 9. The van der Waals surface area contributed by atoms with Gasteiger partial charge in [0.2, 0.25) is 0 Å². The molecule has 6 aromatic carbocycles. The Bertz CT molecular complexity index is 3450. The van der Waals surface area contributed by atoms with Gasteiger partial charge in [-0.05, 0) is 48.5 Å². The molecular weight excluding hydrogens is 739 g/mol. The average molecular weight is 768 g/mol. The highest BCUT2D eigenvalue weighted by Gasteiger charge is 2.20. The largest absolute Gasteiger partial charge is 0.456 e. The Kier molecular flexibility index (Phi) is 7.91. The quantitative estimate of drug-likeness (QED) is 0.150. The molecular formula is C49H29N5OS2. The van der Waals surface area contributed by atoms with E-state index in [1.165, 1.54) is 24.9 Å². The number of hydrogen-bond donors (Lipinski definition) is 0. The lowest BCUT2D eigenvalue weighted by Gasteiger charge is -2.09.